The Morgan fingerprint density at radius 3 is 2.50 bits per heavy atom. The second kappa shape index (κ2) is 10.6. The molecule has 158 valence electrons. The van der Waals surface area contributed by atoms with Gasteiger partial charge in [-0.1, -0.05) is 20.8 Å². The van der Waals surface area contributed by atoms with E-state index in [0.717, 1.165) is 36.0 Å². The molecule has 0 bridgehead atoms. The summed E-state index contributed by atoms with van der Waals surface area (Å²) in [5, 5.41) is 14.7. The van der Waals surface area contributed by atoms with E-state index in [9.17, 15) is 0 Å². The second-order valence-corrected chi connectivity index (χ2v) is 9.09. The molecule has 2 heterocycles. The number of guanidine groups is 1. The van der Waals surface area contributed by atoms with Crippen LogP contribution < -0.4 is 10.6 Å². The van der Waals surface area contributed by atoms with E-state index in [4.69, 9.17) is 4.98 Å². The van der Waals surface area contributed by atoms with Crippen LogP contribution in [-0.2, 0) is 25.3 Å². The molecule has 28 heavy (non-hydrogen) atoms. The van der Waals surface area contributed by atoms with Crippen molar-refractivity contribution in [3.63, 3.8) is 0 Å². The average molecular weight is 519 g/mol. The van der Waals surface area contributed by atoms with Gasteiger partial charge in [0.2, 0.25) is 0 Å². The number of aromatic nitrogens is 3. The van der Waals surface area contributed by atoms with E-state index in [0.29, 0.717) is 0 Å². The standard InChI is InChI=1S/C20H34N6S.HI/c1-13(11-16-14(2)25-26(8)15(16)3)23-19(21-7)22-10-9-18-24-17(12-27-18)20(4,5)6;/h12-13H,9-11H2,1-8H3,(H2,21,22,23);1H. The Bertz CT molecular complexity index is 787. The van der Waals surface area contributed by atoms with E-state index < -0.39 is 0 Å². The minimum atomic E-state index is 0. The highest BCUT2D eigenvalue weighted by molar-refractivity contribution is 14.0. The van der Waals surface area contributed by atoms with Crippen LogP contribution in [0.5, 0.6) is 0 Å². The van der Waals surface area contributed by atoms with Gasteiger partial charge in [0.1, 0.15) is 0 Å². The van der Waals surface area contributed by atoms with Crippen LogP contribution in [0.15, 0.2) is 10.4 Å². The van der Waals surface area contributed by atoms with Gasteiger partial charge in [0.25, 0.3) is 0 Å². The molecule has 0 aromatic carbocycles. The first-order chi connectivity index (χ1) is 12.6. The van der Waals surface area contributed by atoms with Gasteiger partial charge >= 0.3 is 0 Å². The summed E-state index contributed by atoms with van der Waals surface area (Å²) in [6.07, 6.45) is 1.82. The number of aliphatic imine (C=N–C) groups is 1. The molecule has 0 saturated heterocycles. The lowest BCUT2D eigenvalue weighted by atomic mass is 9.93. The summed E-state index contributed by atoms with van der Waals surface area (Å²) in [5.41, 5.74) is 4.91. The fourth-order valence-electron chi connectivity index (χ4n) is 2.96. The van der Waals surface area contributed by atoms with E-state index in [1.165, 1.54) is 17.0 Å². The van der Waals surface area contributed by atoms with Crippen LogP contribution in [0.2, 0.25) is 0 Å². The zero-order chi connectivity index (χ0) is 20.2. The molecular weight excluding hydrogens is 483 g/mol. The van der Waals surface area contributed by atoms with Crippen molar-refractivity contribution in [3.05, 3.63) is 33.0 Å². The molecule has 0 aliphatic heterocycles. The number of aryl methyl sites for hydroxylation is 2. The fourth-order valence-corrected chi connectivity index (χ4v) is 3.98. The molecule has 2 N–H and O–H groups in total. The molecule has 0 aliphatic rings. The molecule has 0 saturated carbocycles. The van der Waals surface area contributed by atoms with Crippen molar-refractivity contribution in [3.8, 4) is 0 Å². The minimum Gasteiger partial charge on any atom is -0.356 e. The van der Waals surface area contributed by atoms with E-state index in [2.05, 4.69) is 67.6 Å². The summed E-state index contributed by atoms with van der Waals surface area (Å²) < 4.78 is 1.95. The van der Waals surface area contributed by atoms with Crippen LogP contribution >= 0.6 is 35.3 Å². The molecule has 1 atom stereocenters. The highest BCUT2D eigenvalue weighted by Gasteiger charge is 2.17. The molecule has 2 rings (SSSR count). The zero-order valence-electron chi connectivity index (χ0n) is 18.4. The van der Waals surface area contributed by atoms with Crippen LogP contribution in [0.4, 0.5) is 0 Å². The third-order valence-corrected chi connectivity index (χ3v) is 5.64. The Labute approximate surface area is 190 Å². The maximum Gasteiger partial charge on any atom is 0.191 e. The first-order valence-electron chi connectivity index (χ1n) is 9.53. The zero-order valence-corrected chi connectivity index (χ0v) is 21.5. The van der Waals surface area contributed by atoms with Crippen molar-refractivity contribution in [1.29, 1.82) is 0 Å². The van der Waals surface area contributed by atoms with Gasteiger partial charge in [-0.2, -0.15) is 5.10 Å². The normalized spacial score (nSPS) is 13.2. The van der Waals surface area contributed by atoms with Gasteiger partial charge in [0, 0.05) is 49.6 Å². The van der Waals surface area contributed by atoms with Crippen molar-refractivity contribution in [2.75, 3.05) is 13.6 Å². The van der Waals surface area contributed by atoms with Crippen LogP contribution in [0.1, 0.15) is 55.3 Å². The first kappa shape index (κ1) is 24.9. The number of halogens is 1. The summed E-state index contributed by atoms with van der Waals surface area (Å²) in [7, 11) is 3.80. The number of thiazole rings is 1. The summed E-state index contributed by atoms with van der Waals surface area (Å²) in [5.74, 6) is 0.828. The predicted octanol–water partition coefficient (Wildman–Crippen LogP) is 3.75. The van der Waals surface area contributed by atoms with Gasteiger partial charge in [0.15, 0.2) is 5.96 Å². The Morgan fingerprint density at radius 1 is 1.32 bits per heavy atom. The number of nitrogens with zero attached hydrogens (tertiary/aromatic N) is 4. The van der Waals surface area contributed by atoms with Crippen LogP contribution in [0, 0.1) is 13.8 Å². The number of hydrogen-bond donors (Lipinski definition) is 2. The molecule has 2 aromatic heterocycles. The fraction of sp³-hybridized carbons (Fsp3) is 0.650. The summed E-state index contributed by atoms with van der Waals surface area (Å²) in [6.45, 7) is 13.8. The summed E-state index contributed by atoms with van der Waals surface area (Å²) >= 11 is 1.74. The van der Waals surface area contributed by atoms with Gasteiger partial charge in [-0.15, -0.1) is 35.3 Å². The van der Waals surface area contributed by atoms with E-state index in [-0.39, 0.29) is 35.4 Å². The average Bonchev–Trinajstić information content (AvgIpc) is 3.15. The third kappa shape index (κ3) is 6.72. The smallest absolute Gasteiger partial charge is 0.191 e. The van der Waals surface area contributed by atoms with Gasteiger partial charge in [-0.3, -0.25) is 9.67 Å². The largest absolute Gasteiger partial charge is 0.356 e. The molecule has 0 fully saturated rings. The lowest BCUT2D eigenvalue weighted by Gasteiger charge is -2.18. The Balaban J connectivity index is 0.00000392. The van der Waals surface area contributed by atoms with Gasteiger partial charge < -0.3 is 10.6 Å². The SMILES string of the molecule is CN=C(NCCc1nc(C(C)(C)C)cs1)NC(C)Cc1c(C)nn(C)c1C.I. The lowest BCUT2D eigenvalue weighted by Crippen LogP contribution is -2.43. The molecule has 0 amide bonds. The molecular formula is C20H35IN6S. The van der Waals surface area contributed by atoms with Gasteiger partial charge in [-0.25, -0.2) is 4.98 Å². The first-order valence-corrected chi connectivity index (χ1v) is 10.4. The van der Waals surface area contributed by atoms with Crippen LogP contribution in [0.3, 0.4) is 0 Å². The highest BCUT2D eigenvalue weighted by Crippen LogP contribution is 2.23. The van der Waals surface area contributed by atoms with E-state index in [1.807, 2.05) is 18.8 Å². The maximum absolute atomic E-state index is 4.75. The van der Waals surface area contributed by atoms with Crippen molar-refractivity contribution < 1.29 is 0 Å². The number of rotatable bonds is 6. The Kier molecular flexibility index (Phi) is 9.39. The summed E-state index contributed by atoms with van der Waals surface area (Å²) in [4.78, 5) is 9.10. The van der Waals surface area contributed by atoms with Crippen molar-refractivity contribution in [2.24, 2.45) is 12.0 Å². The Hall–Kier alpha value is -1.16. The molecule has 6 nitrogen and oxygen atoms in total. The predicted molar refractivity (Wildman–Crippen MR) is 130 cm³/mol. The van der Waals surface area contributed by atoms with E-state index in [1.54, 1.807) is 11.3 Å². The molecule has 0 spiro atoms. The van der Waals surface area contributed by atoms with E-state index >= 15 is 0 Å². The summed E-state index contributed by atoms with van der Waals surface area (Å²) in [6, 6.07) is 0.269. The molecule has 8 heteroatoms. The lowest BCUT2D eigenvalue weighted by molar-refractivity contribution is 0.570. The molecule has 0 aliphatic carbocycles. The molecule has 0 radical (unpaired) electrons. The minimum absolute atomic E-state index is 0. The highest BCUT2D eigenvalue weighted by atomic mass is 127. The number of nitrogens with one attached hydrogen (secondary N) is 2. The van der Waals surface area contributed by atoms with Gasteiger partial charge in [-0.05, 0) is 32.8 Å². The van der Waals surface area contributed by atoms with Crippen molar-refractivity contribution >= 4 is 41.3 Å². The van der Waals surface area contributed by atoms with Crippen molar-refractivity contribution in [1.82, 2.24) is 25.4 Å². The Morgan fingerprint density at radius 2 is 2.00 bits per heavy atom. The third-order valence-electron chi connectivity index (χ3n) is 4.73. The monoisotopic (exact) mass is 518 g/mol. The molecule has 2 aromatic rings. The quantitative estimate of drug-likeness (QED) is 0.348. The second-order valence-electron chi connectivity index (χ2n) is 8.15. The van der Waals surface area contributed by atoms with Crippen molar-refractivity contribution in [2.45, 2.75) is 65.8 Å². The van der Waals surface area contributed by atoms with Crippen LogP contribution in [-0.4, -0.2) is 40.4 Å². The maximum atomic E-state index is 4.75. The molecule has 1 unspecified atom stereocenters. The topological polar surface area (TPSA) is 67.1 Å². The van der Waals surface area contributed by atoms with Crippen LogP contribution in [0.25, 0.3) is 0 Å². The van der Waals surface area contributed by atoms with Gasteiger partial charge in [0.05, 0.1) is 16.4 Å². The number of hydrogen-bond acceptors (Lipinski definition) is 4.